The number of ether oxygens (including phenoxy) is 1. The van der Waals surface area contributed by atoms with E-state index in [4.69, 9.17) is 16.3 Å². The summed E-state index contributed by atoms with van der Waals surface area (Å²) in [5.41, 5.74) is 1.78. The normalized spacial score (nSPS) is 11.5. The van der Waals surface area contributed by atoms with Crippen LogP contribution in [0.1, 0.15) is 19.4 Å². The van der Waals surface area contributed by atoms with Gasteiger partial charge >= 0.3 is 0 Å². The molecule has 4 nitrogen and oxygen atoms in total. The van der Waals surface area contributed by atoms with Crippen molar-refractivity contribution in [2.75, 3.05) is 12.4 Å². The van der Waals surface area contributed by atoms with Gasteiger partial charge < -0.3 is 15.0 Å². The van der Waals surface area contributed by atoms with E-state index in [1.807, 2.05) is 44.3 Å². The fourth-order valence-corrected chi connectivity index (χ4v) is 2.94. The number of hydrogen-bond donors (Lipinski definition) is 2. The van der Waals surface area contributed by atoms with Crippen molar-refractivity contribution >= 4 is 34.1 Å². The Kier molecular flexibility index (Phi) is 4.24. The van der Waals surface area contributed by atoms with Gasteiger partial charge in [0, 0.05) is 22.1 Å². The number of benzene rings is 2. The third-order valence-electron chi connectivity index (χ3n) is 4.24. The van der Waals surface area contributed by atoms with Crippen LogP contribution in [0.15, 0.2) is 48.7 Å². The highest BCUT2D eigenvalue weighted by Crippen LogP contribution is 2.34. The summed E-state index contributed by atoms with van der Waals surface area (Å²) in [4.78, 5) is 16.2. The summed E-state index contributed by atoms with van der Waals surface area (Å²) in [7, 11) is 1.56. The Bertz CT molecular complexity index is 899. The molecule has 0 saturated heterocycles. The first-order valence-corrected chi connectivity index (χ1v) is 8.03. The van der Waals surface area contributed by atoms with E-state index in [1.165, 1.54) is 0 Å². The maximum atomic E-state index is 12.9. The lowest BCUT2D eigenvalue weighted by Gasteiger charge is -2.24. The smallest absolute Gasteiger partial charge is 0.234 e. The highest BCUT2D eigenvalue weighted by molar-refractivity contribution is 6.31. The minimum Gasteiger partial charge on any atom is -0.495 e. The Morgan fingerprint density at radius 3 is 2.71 bits per heavy atom. The van der Waals surface area contributed by atoms with Crippen LogP contribution in [-0.4, -0.2) is 18.0 Å². The molecule has 1 amide bonds. The molecule has 2 aromatic carbocycles. The molecular formula is C19H19ClN2O2. The number of rotatable bonds is 4. The molecule has 0 aliphatic heterocycles. The fraction of sp³-hybridized carbons (Fsp3) is 0.211. The lowest BCUT2D eigenvalue weighted by Crippen LogP contribution is -2.34. The molecule has 1 aromatic heterocycles. The largest absolute Gasteiger partial charge is 0.495 e. The molecule has 3 aromatic rings. The second-order valence-corrected chi connectivity index (χ2v) is 6.61. The van der Waals surface area contributed by atoms with E-state index in [9.17, 15) is 4.79 Å². The number of methoxy groups -OCH3 is 1. The highest BCUT2D eigenvalue weighted by atomic mass is 35.5. The number of hydrogen-bond acceptors (Lipinski definition) is 2. The van der Waals surface area contributed by atoms with Crippen molar-refractivity contribution in [3.63, 3.8) is 0 Å². The number of aromatic nitrogens is 1. The summed E-state index contributed by atoms with van der Waals surface area (Å²) >= 11 is 6.04. The predicted molar refractivity (Wildman–Crippen MR) is 98.0 cm³/mol. The van der Waals surface area contributed by atoms with Crippen LogP contribution in [0.25, 0.3) is 10.9 Å². The second kappa shape index (κ2) is 6.21. The molecule has 0 spiro atoms. The zero-order valence-corrected chi connectivity index (χ0v) is 14.6. The SMILES string of the molecule is COc1ccc(Cl)cc1NC(=O)C(C)(C)c1c[nH]c2ccccc12. The number of para-hydroxylation sites is 1. The van der Waals surface area contributed by atoms with Crippen molar-refractivity contribution in [1.82, 2.24) is 4.98 Å². The number of halogens is 1. The van der Waals surface area contributed by atoms with Gasteiger partial charge in [0.1, 0.15) is 5.75 Å². The van der Waals surface area contributed by atoms with Crippen LogP contribution in [0.2, 0.25) is 5.02 Å². The van der Waals surface area contributed by atoms with Gasteiger partial charge in [0.15, 0.2) is 0 Å². The molecule has 0 aliphatic rings. The molecule has 5 heteroatoms. The molecule has 0 saturated carbocycles. The minimum atomic E-state index is -0.729. The van der Waals surface area contributed by atoms with Gasteiger partial charge in [-0.25, -0.2) is 0 Å². The number of fused-ring (bicyclic) bond motifs is 1. The molecule has 3 rings (SSSR count). The van der Waals surface area contributed by atoms with Crippen molar-refractivity contribution in [2.45, 2.75) is 19.3 Å². The molecule has 0 atom stereocenters. The number of carbonyl (C=O) groups excluding carboxylic acids is 1. The monoisotopic (exact) mass is 342 g/mol. The summed E-state index contributed by atoms with van der Waals surface area (Å²) in [6, 6.07) is 13.1. The Balaban J connectivity index is 1.95. The Hall–Kier alpha value is -2.46. The van der Waals surface area contributed by atoms with Gasteiger partial charge in [-0.2, -0.15) is 0 Å². The van der Waals surface area contributed by atoms with Gasteiger partial charge in [0.2, 0.25) is 5.91 Å². The number of aromatic amines is 1. The second-order valence-electron chi connectivity index (χ2n) is 6.17. The van der Waals surface area contributed by atoms with Crippen molar-refractivity contribution < 1.29 is 9.53 Å². The van der Waals surface area contributed by atoms with E-state index in [0.717, 1.165) is 16.5 Å². The molecular weight excluding hydrogens is 324 g/mol. The van der Waals surface area contributed by atoms with Crippen LogP contribution in [-0.2, 0) is 10.2 Å². The molecule has 0 fully saturated rings. The molecule has 24 heavy (non-hydrogen) atoms. The van der Waals surface area contributed by atoms with Crippen LogP contribution in [0, 0.1) is 0 Å². The van der Waals surface area contributed by atoms with E-state index in [2.05, 4.69) is 10.3 Å². The Labute approximate surface area is 145 Å². The van der Waals surface area contributed by atoms with Crippen molar-refractivity contribution in [1.29, 1.82) is 0 Å². The molecule has 2 N–H and O–H groups in total. The molecule has 0 radical (unpaired) electrons. The number of H-pyrrole nitrogens is 1. The van der Waals surface area contributed by atoms with Crippen LogP contribution in [0.5, 0.6) is 5.75 Å². The quantitative estimate of drug-likeness (QED) is 0.719. The van der Waals surface area contributed by atoms with E-state index < -0.39 is 5.41 Å². The first kappa shape index (κ1) is 16.4. The van der Waals surface area contributed by atoms with E-state index >= 15 is 0 Å². The average molecular weight is 343 g/mol. The molecule has 124 valence electrons. The number of anilines is 1. The van der Waals surface area contributed by atoms with E-state index in [1.54, 1.807) is 25.3 Å². The zero-order valence-electron chi connectivity index (χ0n) is 13.8. The summed E-state index contributed by atoms with van der Waals surface area (Å²) in [6.45, 7) is 3.80. The zero-order chi connectivity index (χ0) is 17.3. The summed E-state index contributed by atoms with van der Waals surface area (Å²) in [6.07, 6.45) is 1.89. The first-order valence-electron chi connectivity index (χ1n) is 7.65. The fourth-order valence-electron chi connectivity index (χ4n) is 2.77. The van der Waals surface area contributed by atoms with Crippen molar-refractivity contribution in [3.05, 3.63) is 59.2 Å². The Morgan fingerprint density at radius 1 is 1.21 bits per heavy atom. The van der Waals surface area contributed by atoms with Gasteiger partial charge in [-0.3, -0.25) is 4.79 Å². The summed E-state index contributed by atoms with van der Waals surface area (Å²) in [5, 5.41) is 4.51. The average Bonchev–Trinajstić information content (AvgIpc) is 2.99. The first-order chi connectivity index (χ1) is 11.4. The molecule has 0 aliphatic carbocycles. The predicted octanol–water partition coefficient (Wildman–Crippen LogP) is 4.75. The lowest BCUT2D eigenvalue weighted by atomic mass is 9.83. The van der Waals surface area contributed by atoms with Gasteiger partial charge in [0.25, 0.3) is 0 Å². The number of amides is 1. The summed E-state index contributed by atoms with van der Waals surface area (Å²) < 4.78 is 5.30. The van der Waals surface area contributed by atoms with Crippen LogP contribution < -0.4 is 10.1 Å². The van der Waals surface area contributed by atoms with Crippen molar-refractivity contribution in [3.8, 4) is 5.75 Å². The molecule has 1 heterocycles. The lowest BCUT2D eigenvalue weighted by molar-refractivity contribution is -0.120. The highest BCUT2D eigenvalue weighted by Gasteiger charge is 2.32. The van der Waals surface area contributed by atoms with Gasteiger partial charge in [-0.15, -0.1) is 0 Å². The van der Waals surface area contributed by atoms with Crippen LogP contribution >= 0.6 is 11.6 Å². The minimum absolute atomic E-state index is 0.132. The van der Waals surface area contributed by atoms with E-state index in [-0.39, 0.29) is 5.91 Å². The third kappa shape index (κ3) is 2.85. The molecule has 0 bridgehead atoms. The maximum Gasteiger partial charge on any atom is 0.234 e. The number of nitrogens with one attached hydrogen (secondary N) is 2. The van der Waals surface area contributed by atoms with Gasteiger partial charge in [-0.05, 0) is 43.7 Å². The Morgan fingerprint density at radius 2 is 1.96 bits per heavy atom. The molecule has 0 unspecified atom stereocenters. The van der Waals surface area contributed by atoms with Crippen LogP contribution in [0.4, 0.5) is 5.69 Å². The van der Waals surface area contributed by atoms with Gasteiger partial charge in [-0.1, -0.05) is 29.8 Å². The van der Waals surface area contributed by atoms with Gasteiger partial charge in [0.05, 0.1) is 18.2 Å². The van der Waals surface area contributed by atoms with Crippen molar-refractivity contribution in [2.24, 2.45) is 0 Å². The van der Waals surface area contributed by atoms with Crippen LogP contribution in [0.3, 0.4) is 0 Å². The standard InChI is InChI=1S/C19H19ClN2O2/c1-19(2,14-11-21-15-7-5-4-6-13(14)15)18(23)22-16-10-12(20)8-9-17(16)24-3/h4-11,21H,1-3H3,(H,22,23). The van der Waals surface area contributed by atoms with E-state index in [0.29, 0.717) is 16.5 Å². The number of carbonyl (C=O) groups is 1. The topological polar surface area (TPSA) is 54.1 Å². The maximum absolute atomic E-state index is 12.9. The summed E-state index contributed by atoms with van der Waals surface area (Å²) in [5.74, 6) is 0.440. The third-order valence-corrected chi connectivity index (χ3v) is 4.48.